The Hall–Kier alpha value is -1.01. The Balaban J connectivity index is 1.96. The van der Waals surface area contributed by atoms with Crippen LogP contribution in [0.4, 0.5) is 0 Å². The fourth-order valence-electron chi connectivity index (χ4n) is 3.60. The van der Waals surface area contributed by atoms with E-state index in [0.29, 0.717) is 19.4 Å². The van der Waals surface area contributed by atoms with Crippen LogP contribution in [-0.2, 0) is 19.8 Å². The van der Waals surface area contributed by atoms with Crippen LogP contribution in [0.1, 0.15) is 102 Å². The van der Waals surface area contributed by atoms with Crippen molar-refractivity contribution in [2.45, 2.75) is 103 Å². The lowest BCUT2D eigenvalue weighted by Gasteiger charge is -2.10. The zero-order chi connectivity index (χ0) is 23.5. The molecule has 1 aromatic rings. The molecule has 6 nitrogen and oxygen atoms in total. The largest absolute Gasteiger partial charge is 0.538 e. The molecule has 0 saturated carbocycles. The number of carbonyl (C=O) groups excluding carboxylic acids is 1. The second kappa shape index (κ2) is 18.4. The molecule has 1 amide bonds. The first-order chi connectivity index (χ1) is 15.5. The predicted octanol–water partition coefficient (Wildman–Crippen LogP) is 7.17. The molecule has 0 aliphatic heterocycles. The number of carbonyl (C=O) groups is 1. The third kappa shape index (κ3) is 15.7. The number of hydrogen-bond donors (Lipinski definition) is 3. The molecule has 0 radical (unpaired) electrons. The molecule has 0 spiro atoms. The van der Waals surface area contributed by atoms with Gasteiger partial charge in [-0.1, -0.05) is 96.1 Å². The lowest BCUT2D eigenvalue weighted by molar-refractivity contribution is -0.121. The molecule has 32 heavy (non-hydrogen) atoms. The Morgan fingerprint density at radius 3 is 1.91 bits per heavy atom. The molecule has 2 N–H and O–H groups in total. The summed E-state index contributed by atoms with van der Waals surface area (Å²) in [4.78, 5) is 21.2. The minimum absolute atomic E-state index is 0.0974. The maximum Gasteiger partial charge on any atom is 0.538 e. The van der Waals surface area contributed by atoms with E-state index in [1.807, 2.05) is 0 Å². The Labute approximate surface area is 200 Å². The summed E-state index contributed by atoms with van der Waals surface area (Å²) < 4.78 is 20.2. The number of thiol groups is 1. The summed E-state index contributed by atoms with van der Waals surface area (Å²) in [5.41, 5.74) is 0.998. The fraction of sp³-hybridized carbons (Fsp3) is 0.708. The minimum Gasteiger partial charge on any atom is -0.404 e. The van der Waals surface area contributed by atoms with Crippen molar-refractivity contribution in [1.82, 2.24) is 5.32 Å². The number of phosphoric acid groups is 1. The van der Waals surface area contributed by atoms with E-state index in [9.17, 15) is 14.3 Å². The third-order valence-electron chi connectivity index (χ3n) is 5.49. The van der Waals surface area contributed by atoms with Gasteiger partial charge >= 0.3 is 7.82 Å². The molecule has 1 rings (SSSR count). The van der Waals surface area contributed by atoms with Crippen molar-refractivity contribution in [2.75, 3.05) is 6.54 Å². The molecule has 184 valence electrons. The van der Waals surface area contributed by atoms with Crippen molar-refractivity contribution >= 4 is 26.6 Å². The fourth-order valence-corrected chi connectivity index (χ4v) is 4.13. The van der Waals surface area contributed by atoms with E-state index in [2.05, 4.69) is 29.1 Å². The smallest absolute Gasteiger partial charge is 0.404 e. The minimum atomic E-state index is -4.17. The Morgan fingerprint density at radius 2 is 1.41 bits per heavy atom. The first-order valence-electron chi connectivity index (χ1n) is 12.2. The van der Waals surface area contributed by atoms with Crippen LogP contribution in [0.3, 0.4) is 0 Å². The molecule has 8 heteroatoms. The van der Waals surface area contributed by atoms with Gasteiger partial charge in [-0.2, -0.15) is 0 Å². The van der Waals surface area contributed by atoms with E-state index in [1.165, 1.54) is 70.6 Å². The summed E-state index contributed by atoms with van der Waals surface area (Å²) in [7, 11) is -4.17. The number of nitrogens with one attached hydrogen (secondary N) is 1. The van der Waals surface area contributed by atoms with Gasteiger partial charge in [-0.25, -0.2) is 8.54 Å². The van der Waals surface area contributed by atoms with E-state index in [1.54, 1.807) is 24.3 Å². The molecule has 0 aliphatic rings. The van der Waals surface area contributed by atoms with E-state index in [0.717, 1.165) is 18.4 Å². The van der Waals surface area contributed by atoms with Crippen molar-refractivity contribution < 1.29 is 22.7 Å². The highest BCUT2D eigenvalue weighted by molar-refractivity contribution is 7.80. The molecule has 0 aromatic heterocycles. The number of unbranched alkanes of at least 4 members (excludes halogenated alkanes) is 12. The van der Waals surface area contributed by atoms with Gasteiger partial charge in [0.1, 0.15) is 5.75 Å². The van der Waals surface area contributed by atoms with Gasteiger partial charge < -0.3 is 9.84 Å². The molecule has 1 aromatic carbocycles. The van der Waals surface area contributed by atoms with Crippen LogP contribution in [0.5, 0.6) is 5.75 Å². The summed E-state index contributed by atoms with van der Waals surface area (Å²) in [6.45, 7) is 2.82. The van der Waals surface area contributed by atoms with Crippen molar-refractivity contribution in [3.05, 3.63) is 29.8 Å². The van der Waals surface area contributed by atoms with Gasteiger partial charge in [0.25, 0.3) is 0 Å². The summed E-state index contributed by atoms with van der Waals surface area (Å²) in [5, 5.41) is 2.95. The van der Waals surface area contributed by atoms with Crippen LogP contribution in [-0.4, -0.2) is 17.3 Å². The summed E-state index contributed by atoms with van der Waals surface area (Å²) in [6.07, 6.45) is 18.2. The first kappa shape index (κ1) is 29.0. The van der Waals surface area contributed by atoms with Gasteiger partial charge in [-0.15, -0.1) is 0 Å². The molecule has 0 fully saturated rings. The van der Waals surface area contributed by atoms with Crippen LogP contribution in [0.2, 0.25) is 0 Å². The maximum absolute atomic E-state index is 12.0. The van der Waals surface area contributed by atoms with E-state index in [4.69, 9.17) is 4.52 Å². The highest BCUT2D eigenvalue weighted by Gasteiger charge is 2.21. The maximum atomic E-state index is 12.0. The number of benzene rings is 1. The molecular formula is C24H42NO5PS. The molecule has 0 aliphatic carbocycles. The molecular weight excluding hydrogens is 445 g/mol. The van der Waals surface area contributed by atoms with Gasteiger partial charge in [0, 0.05) is 13.0 Å². The van der Waals surface area contributed by atoms with E-state index in [-0.39, 0.29) is 11.7 Å². The van der Waals surface area contributed by atoms with Gasteiger partial charge in [0.15, 0.2) is 0 Å². The summed E-state index contributed by atoms with van der Waals surface area (Å²) in [6, 6.07) is 6.74. The van der Waals surface area contributed by atoms with E-state index < -0.39 is 7.82 Å². The molecule has 0 bridgehead atoms. The predicted molar refractivity (Wildman–Crippen MR) is 134 cm³/mol. The summed E-state index contributed by atoms with van der Waals surface area (Å²) in [5.74, 6) is 0.320. The highest BCUT2D eigenvalue weighted by Crippen LogP contribution is 2.44. The monoisotopic (exact) mass is 487 g/mol. The van der Waals surface area contributed by atoms with Gasteiger partial charge in [-0.05, 0) is 43.4 Å². The number of phosphoric ester groups is 1. The third-order valence-corrected chi connectivity index (χ3v) is 6.76. The van der Waals surface area contributed by atoms with Crippen molar-refractivity contribution in [3.8, 4) is 5.75 Å². The molecule has 1 atom stereocenters. The zero-order valence-electron chi connectivity index (χ0n) is 19.6. The number of amides is 1. The standard InChI is InChI=1S/C24H42NO5PS/c1-2-3-4-5-6-7-8-9-10-11-12-13-14-15-24(26)25-21-20-22-16-18-23(19-17-22)29-31(27,28)30-32/h16-19,32H,2-15,20-21H2,1H3,(H,25,26)(H,27,28). The average molecular weight is 488 g/mol. The summed E-state index contributed by atoms with van der Waals surface area (Å²) >= 11 is 3.31. The van der Waals surface area contributed by atoms with Gasteiger partial charge in [-0.3, -0.25) is 9.69 Å². The average Bonchev–Trinajstić information content (AvgIpc) is 2.78. The topological polar surface area (TPSA) is 84.9 Å². The van der Waals surface area contributed by atoms with Crippen LogP contribution >= 0.6 is 20.7 Å². The Bertz CT molecular complexity index is 656. The van der Waals surface area contributed by atoms with Gasteiger partial charge in [0.2, 0.25) is 5.91 Å². The van der Waals surface area contributed by atoms with Crippen LogP contribution in [0, 0.1) is 0 Å². The van der Waals surface area contributed by atoms with Crippen molar-refractivity contribution in [2.24, 2.45) is 0 Å². The Morgan fingerprint density at radius 1 is 0.906 bits per heavy atom. The van der Waals surface area contributed by atoms with Crippen LogP contribution in [0.25, 0.3) is 0 Å². The highest BCUT2D eigenvalue weighted by atomic mass is 32.1. The second-order valence-electron chi connectivity index (χ2n) is 8.38. The quantitative estimate of drug-likeness (QED) is 0.0786. The van der Waals surface area contributed by atoms with Crippen molar-refractivity contribution in [1.29, 1.82) is 0 Å². The molecule has 0 saturated heterocycles. The van der Waals surface area contributed by atoms with Crippen LogP contribution < -0.4 is 9.84 Å². The SMILES string of the molecule is CCCCCCCCCCCCCCCC(=O)NCCc1ccc(OP(=O)(O)OS)cc1. The number of hydrogen-bond acceptors (Lipinski definition) is 5. The normalized spacial score (nSPS) is 13.0. The first-order valence-corrected chi connectivity index (χ1v) is 14.0. The second-order valence-corrected chi connectivity index (χ2v) is 10.2. The van der Waals surface area contributed by atoms with Gasteiger partial charge in [0.05, 0.1) is 0 Å². The Kier molecular flexibility index (Phi) is 16.7. The van der Waals surface area contributed by atoms with Crippen LogP contribution in [0.15, 0.2) is 24.3 Å². The lowest BCUT2D eigenvalue weighted by atomic mass is 10.0. The number of rotatable bonds is 20. The molecule has 1 unspecified atom stereocenters. The van der Waals surface area contributed by atoms with Crippen molar-refractivity contribution in [3.63, 3.8) is 0 Å². The molecule has 0 heterocycles. The lowest BCUT2D eigenvalue weighted by Crippen LogP contribution is -2.25. The van der Waals surface area contributed by atoms with E-state index >= 15 is 0 Å². The zero-order valence-corrected chi connectivity index (χ0v) is 21.4.